The van der Waals surface area contributed by atoms with Crippen LogP contribution in [0.4, 0.5) is 0 Å². The number of aryl methyl sites for hydroxylation is 2. The molecule has 2 aromatic heterocycles. The molecular formula is C53H72GdN5O15. The standard InChI is InChI=1S/C49H66N5O11.2C2H4O2.Gd/c1-8-35-36(9-2)40-28-42-38(12-13-49(56)59-7)34(4)46(54-42)32-51-44-30-48(65-26-24-63-22-20-61-18-16-58-6)47(64-25-23-62-21-19-60-17-15-57-5)29-43(44)50-31-45-33(3)37(11-10-14-55)41(53-45)27-39(35)52-40;2*1-2(3)4;/h27-32,55H,8-26H2,1-7H3;2*1H3,(H,3,4);/q-1;;;+3/p-2. The Morgan fingerprint density at radius 2 is 0.959 bits per heavy atom. The van der Waals surface area contributed by atoms with Crippen LogP contribution < -0.4 is 24.7 Å². The number of fused-ring (bicyclic) bond motifs is 7. The van der Waals surface area contributed by atoms with E-state index in [0.717, 1.165) is 76.8 Å². The van der Waals surface area contributed by atoms with Crippen LogP contribution in [-0.2, 0) is 60.4 Å². The smallest absolute Gasteiger partial charge is 0.657 e. The van der Waals surface area contributed by atoms with Crippen LogP contribution in [0.25, 0.3) is 44.4 Å². The maximum atomic E-state index is 12.4. The molecule has 3 aromatic rings. The number of hydrogen-bond donors (Lipinski definition) is 1. The molecule has 0 atom stereocenters. The quantitative estimate of drug-likeness (QED) is 0.0784. The summed E-state index contributed by atoms with van der Waals surface area (Å²) in [5, 5.41) is 27.6. The van der Waals surface area contributed by atoms with Crippen LogP contribution >= 0.6 is 0 Å². The molecule has 0 fully saturated rings. The molecule has 4 heterocycles. The van der Waals surface area contributed by atoms with E-state index in [1.807, 2.05) is 19.9 Å². The first-order valence-electron chi connectivity index (χ1n) is 24.3. The summed E-state index contributed by atoms with van der Waals surface area (Å²) in [5.74, 6) is -1.60. The van der Waals surface area contributed by atoms with Crippen molar-refractivity contribution >= 4 is 62.3 Å². The molecule has 6 bridgehead atoms. The Kier molecular flexibility index (Phi) is 32.7. The molecular weight excluding hydrogens is 1100 g/mol. The number of hydrogen-bond acceptors (Lipinski definition) is 19. The van der Waals surface area contributed by atoms with Crippen LogP contribution in [0.15, 0.2) is 36.7 Å². The van der Waals surface area contributed by atoms with Crippen molar-refractivity contribution in [2.75, 3.05) is 107 Å². The molecule has 2 aliphatic rings. The number of esters is 1. The molecule has 0 amide bonds. The van der Waals surface area contributed by atoms with Gasteiger partial charge >= 0.3 is 45.9 Å². The number of rotatable bonds is 28. The van der Waals surface area contributed by atoms with Gasteiger partial charge in [-0.2, -0.15) is 0 Å². The topological polar surface area (TPSA) is 266 Å². The molecule has 0 spiro atoms. The number of aromatic nitrogens is 5. The van der Waals surface area contributed by atoms with E-state index in [2.05, 4.69) is 19.9 Å². The molecule has 0 aliphatic carbocycles. The van der Waals surface area contributed by atoms with Gasteiger partial charge in [0.25, 0.3) is 0 Å². The third kappa shape index (κ3) is 22.6. The molecule has 1 aromatic carbocycles. The summed E-state index contributed by atoms with van der Waals surface area (Å²) in [6, 6.07) is 7.66. The van der Waals surface area contributed by atoms with Gasteiger partial charge in [0, 0.05) is 51.3 Å². The van der Waals surface area contributed by atoms with Gasteiger partial charge in [0.1, 0.15) is 13.2 Å². The third-order valence-electron chi connectivity index (χ3n) is 10.9. The molecule has 0 unspecified atom stereocenters. The number of aliphatic carboxylic acids is 2. The van der Waals surface area contributed by atoms with Crippen molar-refractivity contribution in [2.24, 2.45) is 0 Å². The summed E-state index contributed by atoms with van der Waals surface area (Å²) < 4.78 is 50.3. The summed E-state index contributed by atoms with van der Waals surface area (Å²) in [4.78, 5) is 55.6. The Bertz CT molecular complexity index is 2490. The number of benzene rings is 1. The molecule has 21 heteroatoms. The van der Waals surface area contributed by atoms with Crippen LogP contribution in [0.2, 0.25) is 0 Å². The number of allylic oxidation sites excluding steroid dienone is 4. The van der Waals surface area contributed by atoms with Gasteiger partial charge in [-0.25, -0.2) is 9.97 Å². The van der Waals surface area contributed by atoms with Crippen molar-refractivity contribution in [3.8, 4) is 11.5 Å². The van der Waals surface area contributed by atoms with Gasteiger partial charge in [-0.1, -0.05) is 37.1 Å². The Morgan fingerprint density at radius 3 is 1.32 bits per heavy atom. The maximum absolute atomic E-state index is 12.4. The first-order chi connectivity index (χ1) is 35.2. The van der Waals surface area contributed by atoms with E-state index in [0.29, 0.717) is 125 Å². The predicted octanol–water partition coefficient (Wildman–Crippen LogP) is 4.31. The van der Waals surface area contributed by atoms with Gasteiger partial charge in [-0.05, 0) is 82.1 Å². The normalized spacial score (nSPS) is 11.7. The van der Waals surface area contributed by atoms with Gasteiger partial charge in [0.15, 0.2) is 11.5 Å². The molecule has 1 radical (unpaired) electrons. The Morgan fingerprint density at radius 1 is 0.581 bits per heavy atom. The van der Waals surface area contributed by atoms with Crippen LogP contribution in [0.1, 0.15) is 101 Å². The van der Waals surface area contributed by atoms with Gasteiger partial charge in [0.2, 0.25) is 0 Å². The Hall–Kier alpha value is -4.81. The van der Waals surface area contributed by atoms with Crippen LogP contribution in [0.3, 0.4) is 0 Å². The Labute approximate surface area is 465 Å². The van der Waals surface area contributed by atoms with Crippen molar-refractivity contribution in [2.45, 2.75) is 80.1 Å². The van der Waals surface area contributed by atoms with Crippen molar-refractivity contribution in [1.29, 1.82) is 0 Å². The molecule has 5 rings (SSSR count). The average molecular weight is 1180 g/mol. The minimum absolute atomic E-state index is 0. The summed E-state index contributed by atoms with van der Waals surface area (Å²) in [6.45, 7) is 15.0. The summed E-state index contributed by atoms with van der Waals surface area (Å²) in [7, 11) is 4.66. The molecule has 2 aliphatic heterocycles. The number of ether oxygens (including phenoxy) is 9. The Balaban J connectivity index is 0.00000194. The zero-order valence-electron chi connectivity index (χ0n) is 44.2. The van der Waals surface area contributed by atoms with Gasteiger partial charge in [0.05, 0.1) is 119 Å². The maximum Gasteiger partial charge on any atom is 3.00 e. The second-order valence-electron chi connectivity index (χ2n) is 16.1. The number of carboxylic acid groups (broad SMARTS) is 2. The first kappa shape index (κ1) is 65.3. The van der Waals surface area contributed by atoms with Crippen molar-refractivity contribution in [3.05, 3.63) is 70.6 Å². The minimum Gasteiger partial charge on any atom is -0.657 e. The van der Waals surface area contributed by atoms with Crippen molar-refractivity contribution in [1.82, 2.24) is 24.9 Å². The number of nitrogens with zero attached hydrogens (tertiary/aromatic N) is 5. The first-order valence-corrected chi connectivity index (χ1v) is 24.3. The molecule has 407 valence electrons. The van der Waals surface area contributed by atoms with E-state index >= 15 is 0 Å². The summed E-state index contributed by atoms with van der Waals surface area (Å²) in [6.07, 6.45) is 6.82. The van der Waals surface area contributed by atoms with E-state index in [1.54, 1.807) is 38.7 Å². The van der Waals surface area contributed by atoms with E-state index in [9.17, 15) is 9.90 Å². The second kappa shape index (κ2) is 37.0. The summed E-state index contributed by atoms with van der Waals surface area (Å²) >= 11 is 0. The number of carboxylic acids is 2. The van der Waals surface area contributed by atoms with Gasteiger partial charge in [-0.15, -0.1) is 11.0 Å². The monoisotopic (exact) mass is 1180 g/mol. The number of aliphatic hydroxyl groups excluding tert-OH is 1. The molecule has 20 nitrogen and oxygen atoms in total. The second-order valence-corrected chi connectivity index (χ2v) is 16.1. The van der Waals surface area contributed by atoms with Crippen LogP contribution in [0, 0.1) is 39.9 Å². The van der Waals surface area contributed by atoms with E-state index < -0.39 is 11.9 Å². The minimum atomic E-state index is -1.08. The largest absolute Gasteiger partial charge is 3.00 e. The fourth-order valence-corrected chi connectivity index (χ4v) is 7.40. The SMILES string of the molecule is CC(=O)[O-].CC(=O)[O-].CCc1c(CC)c2cc3nc(cnc4cc(OCCOCCOCCOC)c(OCCOCCOCCOC)cc4ncc4nc(cc1[n-]2)C(CCCO)=C4C)C(C)=C3CCC(=O)OC.[Gd+3]. The van der Waals surface area contributed by atoms with Crippen molar-refractivity contribution < 1.29 is 112 Å². The number of methoxy groups -OCH3 is 3. The molecule has 0 saturated heterocycles. The van der Waals surface area contributed by atoms with E-state index in [1.165, 1.54) is 7.11 Å². The molecule has 74 heavy (non-hydrogen) atoms. The van der Waals surface area contributed by atoms with Gasteiger partial charge in [-0.3, -0.25) is 14.8 Å². The fraction of sp³-hybridized carbons (Fsp3) is 0.528. The summed E-state index contributed by atoms with van der Waals surface area (Å²) in [5.41, 5.74) is 11.6. The van der Waals surface area contributed by atoms with E-state index in [-0.39, 0.29) is 72.2 Å². The van der Waals surface area contributed by atoms with E-state index in [4.69, 9.17) is 87.4 Å². The zero-order valence-corrected chi connectivity index (χ0v) is 46.4. The fourth-order valence-electron chi connectivity index (χ4n) is 7.40. The molecule has 1 N–H and O–H groups in total. The average Bonchev–Trinajstić information content (AvgIpc) is 3.96. The number of aliphatic hydroxyl groups is 1. The van der Waals surface area contributed by atoms with Gasteiger partial charge < -0.3 is 72.5 Å². The van der Waals surface area contributed by atoms with Crippen molar-refractivity contribution in [3.63, 3.8) is 0 Å². The predicted molar refractivity (Wildman–Crippen MR) is 271 cm³/mol. The van der Waals surface area contributed by atoms with Crippen LogP contribution in [0.5, 0.6) is 11.5 Å². The molecule has 0 saturated carbocycles. The number of carbonyl (C=O) groups is 3. The third-order valence-corrected chi connectivity index (χ3v) is 10.9. The number of carbonyl (C=O) groups excluding carboxylic acids is 3. The van der Waals surface area contributed by atoms with Crippen LogP contribution in [-0.4, -0.2) is 150 Å². The zero-order chi connectivity index (χ0) is 53.5.